The van der Waals surface area contributed by atoms with Crippen LogP contribution in [-0.2, 0) is 10.0 Å². The molecule has 82 valence electrons. The minimum Gasteiger partial charge on any atom is -0.272 e. The van der Waals surface area contributed by atoms with E-state index >= 15 is 0 Å². The van der Waals surface area contributed by atoms with Crippen LogP contribution in [0.2, 0.25) is 0 Å². The fourth-order valence-corrected chi connectivity index (χ4v) is 1.73. The highest BCUT2D eigenvalue weighted by atomic mass is 32.2. The molecule has 0 aliphatic heterocycles. The summed E-state index contributed by atoms with van der Waals surface area (Å²) in [4.78, 5) is 2.46. The molecule has 0 atom stereocenters. The maximum atomic E-state index is 11.6. The molecule has 0 heterocycles. The lowest BCUT2D eigenvalue weighted by Gasteiger charge is -2.01. The van der Waals surface area contributed by atoms with E-state index in [0.717, 1.165) is 0 Å². The smallest absolute Gasteiger partial charge is 0.272 e. The van der Waals surface area contributed by atoms with Crippen molar-refractivity contribution in [1.82, 2.24) is 10.3 Å². The van der Waals surface area contributed by atoms with Gasteiger partial charge in [-0.25, -0.2) is 8.42 Å². The van der Waals surface area contributed by atoms with E-state index in [1.165, 1.54) is 18.5 Å². The molecule has 1 rings (SSSR count). The zero-order chi connectivity index (χ0) is 11.3. The van der Waals surface area contributed by atoms with Crippen molar-refractivity contribution in [3.63, 3.8) is 0 Å². The Kier molecular flexibility index (Phi) is 3.81. The summed E-state index contributed by atoms with van der Waals surface area (Å²) in [7, 11) is 0.0882. The minimum atomic E-state index is -3.47. The van der Waals surface area contributed by atoms with Gasteiger partial charge in [-0.3, -0.25) is 4.58 Å². The average Bonchev–Trinajstić information content (AvgIpc) is 2.18. The summed E-state index contributed by atoms with van der Waals surface area (Å²) in [6, 6.07) is 8.16. The summed E-state index contributed by atoms with van der Waals surface area (Å²) in [5, 5.41) is 0. The molecule has 0 bridgehead atoms. The number of benzene rings is 1. The minimum absolute atomic E-state index is 0.227. The predicted octanol–water partition coefficient (Wildman–Crippen LogP) is -0.230. The summed E-state index contributed by atoms with van der Waals surface area (Å²) in [5.41, 5.74) is 2.49. The van der Waals surface area contributed by atoms with Crippen LogP contribution >= 0.6 is 0 Å². The number of rotatable bonds is 4. The van der Waals surface area contributed by atoms with Gasteiger partial charge >= 0.3 is 0 Å². The van der Waals surface area contributed by atoms with Crippen LogP contribution in [0.15, 0.2) is 35.2 Å². The van der Waals surface area contributed by atoms with Crippen molar-refractivity contribution in [2.75, 3.05) is 14.1 Å². The van der Waals surface area contributed by atoms with Gasteiger partial charge in [-0.1, -0.05) is 23.0 Å². The first-order valence-corrected chi connectivity index (χ1v) is 5.83. The summed E-state index contributed by atoms with van der Waals surface area (Å²) in [6.07, 6.45) is 1.50. The molecule has 0 aliphatic rings. The molecule has 0 fully saturated rings. The van der Waals surface area contributed by atoms with E-state index in [0.29, 0.717) is 0 Å². The molecule has 0 saturated heterocycles. The number of hydrogen-bond donors (Lipinski definition) is 2. The van der Waals surface area contributed by atoms with Crippen molar-refractivity contribution >= 4 is 16.4 Å². The SMILES string of the molecule is C[N+](C)=CNNS(=O)(=O)c1ccccc1. The van der Waals surface area contributed by atoms with Crippen molar-refractivity contribution in [1.29, 1.82) is 0 Å². The lowest BCUT2D eigenvalue weighted by molar-refractivity contribution is -0.461. The van der Waals surface area contributed by atoms with E-state index < -0.39 is 10.0 Å². The van der Waals surface area contributed by atoms with Gasteiger partial charge in [0.15, 0.2) is 0 Å². The molecule has 0 spiro atoms. The van der Waals surface area contributed by atoms with Crippen LogP contribution in [-0.4, -0.2) is 33.4 Å². The van der Waals surface area contributed by atoms with Gasteiger partial charge < -0.3 is 0 Å². The molecule has 0 radical (unpaired) electrons. The topological polar surface area (TPSA) is 61.2 Å². The Morgan fingerprint density at radius 1 is 1.20 bits per heavy atom. The third-order valence-electron chi connectivity index (χ3n) is 1.57. The predicted molar refractivity (Wildman–Crippen MR) is 58.1 cm³/mol. The van der Waals surface area contributed by atoms with Gasteiger partial charge in [-0.05, 0) is 12.1 Å². The standard InChI is InChI=1S/C9H13N3O2S/c1-12(2)8-10-11-15(13,14)9-6-4-3-5-7-9/h3-8,11H,1-2H3/p+1. The van der Waals surface area contributed by atoms with Crippen LogP contribution in [0.1, 0.15) is 0 Å². The number of hydrazine groups is 1. The zero-order valence-electron chi connectivity index (χ0n) is 8.64. The second-order valence-electron chi connectivity index (χ2n) is 3.16. The van der Waals surface area contributed by atoms with Crippen molar-refractivity contribution in [2.45, 2.75) is 4.90 Å². The number of hydrogen-bond acceptors (Lipinski definition) is 2. The molecular weight excluding hydrogens is 214 g/mol. The number of sulfonamides is 1. The maximum absolute atomic E-state index is 11.6. The second kappa shape index (κ2) is 4.90. The van der Waals surface area contributed by atoms with Gasteiger partial charge in [-0.2, -0.15) is 5.43 Å². The second-order valence-corrected chi connectivity index (χ2v) is 4.84. The Labute approximate surface area is 89.5 Å². The summed E-state index contributed by atoms with van der Waals surface area (Å²) >= 11 is 0. The Balaban J connectivity index is 2.73. The highest BCUT2D eigenvalue weighted by Gasteiger charge is 2.13. The summed E-state index contributed by atoms with van der Waals surface area (Å²) in [5.74, 6) is 0. The number of nitrogens with one attached hydrogen (secondary N) is 2. The lowest BCUT2D eigenvalue weighted by Crippen LogP contribution is -2.38. The van der Waals surface area contributed by atoms with E-state index in [9.17, 15) is 8.42 Å². The molecule has 15 heavy (non-hydrogen) atoms. The van der Waals surface area contributed by atoms with Gasteiger partial charge in [0.05, 0.1) is 19.0 Å². The van der Waals surface area contributed by atoms with Crippen molar-refractivity contribution in [3.05, 3.63) is 30.3 Å². The van der Waals surface area contributed by atoms with E-state index in [1.54, 1.807) is 36.9 Å². The van der Waals surface area contributed by atoms with Crippen LogP contribution in [0.5, 0.6) is 0 Å². The lowest BCUT2D eigenvalue weighted by atomic mass is 10.4. The molecule has 6 heteroatoms. The summed E-state index contributed by atoms with van der Waals surface area (Å²) < 4.78 is 24.9. The normalized spacial score (nSPS) is 10.8. The molecule has 0 saturated carbocycles. The maximum Gasteiger partial charge on any atom is 0.273 e. The Bertz CT molecular complexity index is 436. The fourth-order valence-electron chi connectivity index (χ4n) is 0.892. The number of nitrogens with zero attached hydrogens (tertiary/aromatic N) is 1. The van der Waals surface area contributed by atoms with Crippen molar-refractivity contribution in [2.24, 2.45) is 0 Å². The van der Waals surface area contributed by atoms with E-state index in [1.807, 2.05) is 0 Å². The van der Waals surface area contributed by atoms with Gasteiger partial charge in [0.1, 0.15) is 0 Å². The van der Waals surface area contributed by atoms with E-state index in [4.69, 9.17) is 0 Å². The molecule has 5 nitrogen and oxygen atoms in total. The zero-order valence-corrected chi connectivity index (χ0v) is 9.45. The first kappa shape index (κ1) is 11.7. The molecule has 1 aromatic carbocycles. The quantitative estimate of drug-likeness (QED) is 0.324. The Hall–Kier alpha value is -1.40. The van der Waals surface area contributed by atoms with E-state index in [2.05, 4.69) is 10.3 Å². The molecule has 0 unspecified atom stereocenters. The van der Waals surface area contributed by atoms with Gasteiger partial charge in [0.2, 0.25) is 0 Å². The molecule has 2 N–H and O–H groups in total. The first-order valence-electron chi connectivity index (χ1n) is 4.34. The van der Waals surface area contributed by atoms with Crippen molar-refractivity contribution < 1.29 is 13.0 Å². The molecule has 0 aliphatic carbocycles. The first-order chi connectivity index (χ1) is 7.02. The molecular formula is C9H14N3O2S+. The van der Waals surface area contributed by atoms with Crippen LogP contribution in [0, 0.1) is 0 Å². The molecule has 0 aromatic heterocycles. The third-order valence-corrected chi connectivity index (χ3v) is 2.85. The Morgan fingerprint density at radius 3 is 2.33 bits per heavy atom. The van der Waals surface area contributed by atoms with Gasteiger partial charge in [0.25, 0.3) is 16.4 Å². The third kappa shape index (κ3) is 3.69. The highest BCUT2D eigenvalue weighted by molar-refractivity contribution is 7.89. The monoisotopic (exact) mass is 228 g/mol. The van der Waals surface area contributed by atoms with Crippen LogP contribution < -0.4 is 10.3 Å². The molecule has 1 aromatic rings. The van der Waals surface area contributed by atoms with Gasteiger partial charge in [-0.15, -0.1) is 0 Å². The van der Waals surface area contributed by atoms with Crippen LogP contribution in [0.3, 0.4) is 0 Å². The Morgan fingerprint density at radius 2 is 1.80 bits per heavy atom. The fraction of sp³-hybridized carbons (Fsp3) is 0.222. The van der Waals surface area contributed by atoms with Crippen LogP contribution in [0.25, 0.3) is 0 Å². The van der Waals surface area contributed by atoms with Crippen LogP contribution in [0.4, 0.5) is 0 Å². The van der Waals surface area contributed by atoms with Gasteiger partial charge in [0, 0.05) is 0 Å². The summed E-state index contributed by atoms with van der Waals surface area (Å²) in [6.45, 7) is 0. The highest BCUT2D eigenvalue weighted by Crippen LogP contribution is 2.05. The molecule has 0 amide bonds. The van der Waals surface area contributed by atoms with Crippen molar-refractivity contribution in [3.8, 4) is 0 Å². The largest absolute Gasteiger partial charge is 0.273 e. The average molecular weight is 228 g/mol. The van der Waals surface area contributed by atoms with E-state index in [-0.39, 0.29) is 4.90 Å².